The van der Waals surface area contributed by atoms with Crippen molar-refractivity contribution in [2.24, 2.45) is 5.73 Å². The van der Waals surface area contributed by atoms with Crippen molar-refractivity contribution in [2.75, 3.05) is 34.5 Å². The standard InChI is InChI=1S/C23H26N2O7/c1-29-19-10-17(11-20(12-19)30-2)13-25(14-23(28)31-3)22(27)9-6-16-4-7-18(8-5-16)32-15-21(24)26/h4-12H,13-15H2,1-3H3,(H2,24,26)/b9-6+. The Labute approximate surface area is 186 Å². The molecule has 170 valence electrons. The average molecular weight is 442 g/mol. The van der Waals surface area contributed by atoms with Gasteiger partial charge in [0.05, 0.1) is 21.3 Å². The highest BCUT2D eigenvalue weighted by atomic mass is 16.5. The van der Waals surface area contributed by atoms with Gasteiger partial charge in [0.2, 0.25) is 5.91 Å². The topological polar surface area (TPSA) is 117 Å². The summed E-state index contributed by atoms with van der Waals surface area (Å²) >= 11 is 0. The number of hydrogen-bond donors (Lipinski definition) is 1. The summed E-state index contributed by atoms with van der Waals surface area (Å²) in [7, 11) is 4.32. The molecule has 2 aromatic rings. The number of benzene rings is 2. The SMILES string of the molecule is COC(=O)CN(Cc1cc(OC)cc(OC)c1)C(=O)/C=C/c1ccc(OCC(N)=O)cc1. The third-order valence-electron chi connectivity index (χ3n) is 4.32. The van der Waals surface area contributed by atoms with E-state index in [1.54, 1.807) is 48.5 Å². The summed E-state index contributed by atoms with van der Waals surface area (Å²) in [6.07, 6.45) is 2.97. The number of nitrogens with zero attached hydrogens (tertiary/aromatic N) is 1. The number of rotatable bonds is 11. The summed E-state index contributed by atoms with van der Waals surface area (Å²) in [5, 5.41) is 0. The number of methoxy groups -OCH3 is 3. The fourth-order valence-electron chi connectivity index (χ4n) is 2.71. The Morgan fingerprint density at radius 3 is 2.09 bits per heavy atom. The molecule has 2 N–H and O–H groups in total. The van der Waals surface area contributed by atoms with E-state index in [4.69, 9.17) is 24.7 Å². The fraction of sp³-hybridized carbons (Fsp3) is 0.261. The highest BCUT2D eigenvalue weighted by Crippen LogP contribution is 2.23. The van der Waals surface area contributed by atoms with Crippen molar-refractivity contribution in [3.63, 3.8) is 0 Å². The predicted molar refractivity (Wildman–Crippen MR) is 117 cm³/mol. The molecule has 0 radical (unpaired) electrons. The van der Waals surface area contributed by atoms with Gasteiger partial charge in [-0.05, 0) is 41.5 Å². The molecule has 0 aromatic heterocycles. The second-order valence-electron chi connectivity index (χ2n) is 6.65. The molecule has 0 aliphatic heterocycles. The van der Waals surface area contributed by atoms with Crippen LogP contribution in [0.3, 0.4) is 0 Å². The first-order valence-electron chi connectivity index (χ1n) is 9.61. The van der Waals surface area contributed by atoms with Crippen molar-refractivity contribution < 1.29 is 33.3 Å². The molecule has 32 heavy (non-hydrogen) atoms. The van der Waals surface area contributed by atoms with Crippen molar-refractivity contribution >= 4 is 23.9 Å². The van der Waals surface area contributed by atoms with Crippen LogP contribution in [0.1, 0.15) is 11.1 Å². The lowest BCUT2D eigenvalue weighted by Crippen LogP contribution is -2.34. The maximum absolute atomic E-state index is 12.8. The monoisotopic (exact) mass is 442 g/mol. The minimum absolute atomic E-state index is 0.145. The molecule has 0 aliphatic carbocycles. The number of carbonyl (C=O) groups is 3. The molecule has 0 fully saturated rings. The number of ether oxygens (including phenoxy) is 4. The van der Waals surface area contributed by atoms with E-state index < -0.39 is 11.9 Å². The van der Waals surface area contributed by atoms with Crippen molar-refractivity contribution in [1.29, 1.82) is 0 Å². The predicted octanol–water partition coefficient (Wildman–Crippen LogP) is 1.78. The van der Waals surface area contributed by atoms with Crippen molar-refractivity contribution in [1.82, 2.24) is 4.90 Å². The van der Waals surface area contributed by atoms with Gasteiger partial charge >= 0.3 is 5.97 Å². The Kier molecular flexibility index (Phi) is 9.09. The first kappa shape index (κ1) is 24.3. The van der Waals surface area contributed by atoms with Crippen molar-refractivity contribution in [3.8, 4) is 17.2 Å². The molecule has 2 aromatic carbocycles. The molecule has 0 unspecified atom stereocenters. The largest absolute Gasteiger partial charge is 0.497 e. The summed E-state index contributed by atoms with van der Waals surface area (Å²) in [6, 6.07) is 12.0. The molecule has 0 aliphatic rings. The first-order valence-corrected chi connectivity index (χ1v) is 9.61. The van der Waals surface area contributed by atoms with E-state index in [1.807, 2.05) is 0 Å². The fourth-order valence-corrected chi connectivity index (χ4v) is 2.71. The van der Waals surface area contributed by atoms with Crippen LogP contribution >= 0.6 is 0 Å². The maximum Gasteiger partial charge on any atom is 0.325 e. The van der Waals surface area contributed by atoms with Gasteiger partial charge in [-0.25, -0.2) is 0 Å². The van der Waals surface area contributed by atoms with Crippen LogP contribution in [-0.4, -0.2) is 57.2 Å². The maximum atomic E-state index is 12.8. The van der Waals surface area contributed by atoms with E-state index in [0.717, 1.165) is 11.1 Å². The zero-order valence-corrected chi connectivity index (χ0v) is 18.2. The summed E-state index contributed by atoms with van der Waals surface area (Å²) in [5.41, 5.74) is 6.50. The summed E-state index contributed by atoms with van der Waals surface area (Å²) in [5.74, 6) is 0.118. The molecule has 0 heterocycles. The van der Waals surface area contributed by atoms with Crippen LogP contribution < -0.4 is 19.9 Å². The second-order valence-corrected chi connectivity index (χ2v) is 6.65. The van der Waals surface area contributed by atoms with E-state index in [2.05, 4.69) is 0 Å². The summed E-state index contributed by atoms with van der Waals surface area (Å²) < 4.78 is 20.4. The highest BCUT2D eigenvalue weighted by Gasteiger charge is 2.17. The van der Waals surface area contributed by atoms with Gasteiger partial charge in [0.15, 0.2) is 6.61 Å². The Morgan fingerprint density at radius 2 is 1.56 bits per heavy atom. The smallest absolute Gasteiger partial charge is 0.325 e. The van der Waals surface area contributed by atoms with Crippen molar-refractivity contribution in [3.05, 3.63) is 59.7 Å². The molecular formula is C23H26N2O7. The van der Waals surface area contributed by atoms with Gasteiger partial charge in [-0.15, -0.1) is 0 Å². The lowest BCUT2D eigenvalue weighted by atomic mass is 10.1. The van der Waals surface area contributed by atoms with E-state index in [1.165, 1.54) is 32.3 Å². The number of hydrogen-bond acceptors (Lipinski definition) is 7. The average Bonchev–Trinajstić information content (AvgIpc) is 2.80. The highest BCUT2D eigenvalue weighted by molar-refractivity contribution is 5.93. The molecule has 0 saturated carbocycles. The van der Waals surface area contributed by atoms with Gasteiger partial charge in [-0.2, -0.15) is 0 Å². The van der Waals surface area contributed by atoms with Crippen LogP contribution in [0.15, 0.2) is 48.5 Å². The van der Waals surface area contributed by atoms with Gasteiger partial charge in [0, 0.05) is 18.7 Å². The molecule has 0 spiro atoms. The van der Waals surface area contributed by atoms with Gasteiger partial charge < -0.3 is 29.6 Å². The lowest BCUT2D eigenvalue weighted by molar-refractivity contribution is -0.145. The molecule has 2 amide bonds. The van der Waals surface area contributed by atoms with Crippen molar-refractivity contribution in [2.45, 2.75) is 6.54 Å². The minimum Gasteiger partial charge on any atom is -0.497 e. The molecule has 0 atom stereocenters. The molecule has 0 saturated heterocycles. The van der Waals surface area contributed by atoms with E-state index >= 15 is 0 Å². The Morgan fingerprint density at radius 1 is 0.938 bits per heavy atom. The quantitative estimate of drug-likeness (QED) is 0.416. The number of primary amides is 1. The lowest BCUT2D eigenvalue weighted by Gasteiger charge is -2.21. The number of esters is 1. The van der Waals surface area contributed by atoms with E-state index in [0.29, 0.717) is 17.2 Å². The molecule has 0 bridgehead atoms. The first-order chi connectivity index (χ1) is 15.3. The van der Waals surface area contributed by atoms with Crippen LogP contribution in [-0.2, 0) is 25.7 Å². The second kappa shape index (κ2) is 12.0. The minimum atomic E-state index is -0.570. The van der Waals surface area contributed by atoms with Gasteiger partial charge in [-0.1, -0.05) is 12.1 Å². The Hall–Kier alpha value is -4.01. The Bertz CT molecular complexity index is 949. The van der Waals surface area contributed by atoms with E-state index in [-0.39, 0.29) is 25.6 Å². The number of amides is 2. The number of nitrogens with two attached hydrogens (primary N) is 1. The third kappa shape index (κ3) is 7.67. The third-order valence-corrected chi connectivity index (χ3v) is 4.32. The van der Waals surface area contributed by atoms with Gasteiger partial charge in [-0.3, -0.25) is 14.4 Å². The molecular weight excluding hydrogens is 416 g/mol. The van der Waals surface area contributed by atoms with Crippen LogP contribution in [0.2, 0.25) is 0 Å². The molecule has 2 rings (SSSR count). The zero-order valence-electron chi connectivity index (χ0n) is 18.2. The van der Waals surface area contributed by atoms with Gasteiger partial charge in [0.25, 0.3) is 5.91 Å². The molecule has 9 heteroatoms. The van der Waals surface area contributed by atoms with Crippen LogP contribution in [0.4, 0.5) is 0 Å². The normalized spacial score (nSPS) is 10.5. The van der Waals surface area contributed by atoms with Crippen LogP contribution in [0.5, 0.6) is 17.2 Å². The van der Waals surface area contributed by atoms with Crippen LogP contribution in [0, 0.1) is 0 Å². The summed E-state index contributed by atoms with van der Waals surface area (Å²) in [4.78, 5) is 36.8. The zero-order chi connectivity index (χ0) is 23.5. The number of carbonyl (C=O) groups excluding carboxylic acids is 3. The van der Waals surface area contributed by atoms with Crippen LogP contribution in [0.25, 0.3) is 6.08 Å². The van der Waals surface area contributed by atoms with E-state index in [9.17, 15) is 14.4 Å². The van der Waals surface area contributed by atoms with Gasteiger partial charge in [0.1, 0.15) is 23.8 Å². The summed E-state index contributed by atoms with van der Waals surface area (Å²) in [6.45, 7) is -0.296. The molecule has 9 nitrogen and oxygen atoms in total. The Balaban J connectivity index is 2.15.